The third-order valence-corrected chi connectivity index (χ3v) is 10.1. The van der Waals surface area contributed by atoms with E-state index in [9.17, 15) is 17.3 Å². The van der Waals surface area contributed by atoms with E-state index in [1.54, 1.807) is 77.0 Å². The maximum atomic E-state index is 9.75. The van der Waals surface area contributed by atoms with Crippen molar-refractivity contribution in [3.63, 3.8) is 0 Å². The van der Waals surface area contributed by atoms with Gasteiger partial charge in [-0.3, -0.25) is 0 Å². The number of rotatable bonds is 3. The van der Waals surface area contributed by atoms with E-state index < -0.39 is 7.25 Å². The molecule has 25 heavy (non-hydrogen) atoms. The molecule has 3 aliphatic rings. The molecule has 0 nitrogen and oxygen atoms in total. The third-order valence-electron chi connectivity index (χ3n) is 5.99. The van der Waals surface area contributed by atoms with E-state index in [1.807, 2.05) is 0 Å². The van der Waals surface area contributed by atoms with Crippen molar-refractivity contribution in [2.24, 2.45) is 0 Å². The van der Waals surface area contributed by atoms with Gasteiger partial charge in [0.15, 0.2) is 0 Å². The fourth-order valence-electron chi connectivity index (χ4n) is 5.03. The number of halogens is 4. The number of hydrogen-bond acceptors (Lipinski definition) is 0. The van der Waals surface area contributed by atoms with E-state index in [-0.39, 0.29) is 51.4 Å². The van der Waals surface area contributed by atoms with Crippen molar-refractivity contribution >= 4 is 15.2 Å². The van der Waals surface area contributed by atoms with Crippen molar-refractivity contribution in [2.75, 3.05) is 0 Å². The summed E-state index contributed by atoms with van der Waals surface area (Å²) in [5, 5.41) is 0. The Morgan fingerprint density at radius 1 is 0.480 bits per heavy atom. The summed E-state index contributed by atoms with van der Waals surface area (Å²) in [4.78, 5) is 0. The van der Waals surface area contributed by atoms with Crippen molar-refractivity contribution in [3.8, 4) is 0 Å². The Balaban J connectivity index is 0.000000462. The molecule has 0 unspecified atom stereocenters. The Morgan fingerprint density at radius 3 is 0.880 bits per heavy atom. The van der Waals surface area contributed by atoms with Crippen molar-refractivity contribution in [1.29, 1.82) is 0 Å². The van der Waals surface area contributed by atoms with Gasteiger partial charge in [0.2, 0.25) is 0 Å². The molecule has 0 bridgehead atoms. The van der Waals surface area contributed by atoms with E-state index in [2.05, 4.69) is 0 Å². The van der Waals surface area contributed by atoms with Crippen LogP contribution in [0.5, 0.6) is 0 Å². The molecule has 7 heteroatoms. The van der Waals surface area contributed by atoms with Crippen LogP contribution in [0.2, 0.25) is 0 Å². The summed E-state index contributed by atoms with van der Waals surface area (Å²) in [6.07, 6.45) is 23.6. The second kappa shape index (κ2) is 13.1. The minimum atomic E-state index is -6.00. The molecule has 0 aromatic rings. The summed E-state index contributed by atoms with van der Waals surface area (Å²) in [6, 6.07) is 0. The molecule has 0 heterocycles. The van der Waals surface area contributed by atoms with Gasteiger partial charge in [-0.15, -0.1) is 0 Å². The van der Waals surface area contributed by atoms with Crippen molar-refractivity contribution in [2.45, 2.75) is 113 Å². The van der Waals surface area contributed by atoms with E-state index >= 15 is 0 Å². The van der Waals surface area contributed by atoms with Gasteiger partial charge in [-0.2, -0.15) is 0 Å². The molecule has 0 N–H and O–H groups in total. The summed E-state index contributed by atoms with van der Waals surface area (Å²) in [5.74, 6) is 0. The van der Waals surface area contributed by atoms with Crippen molar-refractivity contribution < 1.29 is 68.6 Å². The van der Waals surface area contributed by atoms with Gasteiger partial charge in [-0.1, -0.05) is 65.7 Å². The molecule has 0 aromatic heterocycles. The molecule has 0 aliphatic heterocycles. The van der Waals surface area contributed by atoms with Gasteiger partial charge in [-0.25, -0.2) is 0 Å². The zero-order chi connectivity index (χ0) is 17.4. The maximum Gasteiger partial charge on any atom is 1.00 e. The van der Waals surface area contributed by atoms with E-state index in [4.69, 9.17) is 0 Å². The van der Waals surface area contributed by atoms with Crippen molar-refractivity contribution in [1.82, 2.24) is 0 Å². The monoisotopic (exact) mass is 406 g/mol. The first kappa shape index (κ1) is 24.9. The molecule has 0 spiro atoms. The Hall–Kier alpha value is 1.85. The Bertz CT molecular complexity index is 290. The van der Waals surface area contributed by atoms with Crippen LogP contribution in [-0.2, 0) is 0 Å². The summed E-state index contributed by atoms with van der Waals surface area (Å²) in [7, 11) is -5.62. The van der Waals surface area contributed by atoms with Gasteiger partial charge in [-0.05, 0) is 55.5 Å². The predicted octanol–water partition coefficient (Wildman–Crippen LogP) is 4.77. The van der Waals surface area contributed by atoms with Crippen LogP contribution in [-0.4, -0.2) is 24.2 Å². The first-order valence-electron chi connectivity index (χ1n) is 10.1. The van der Waals surface area contributed by atoms with Gasteiger partial charge < -0.3 is 17.3 Å². The predicted molar refractivity (Wildman–Crippen MR) is 97.7 cm³/mol. The minimum Gasteiger partial charge on any atom is -0.418 e. The van der Waals surface area contributed by atoms with Crippen LogP contribution in [0.1, 0.15) is 96.3 Å². The standard InChI is InChI=1S/C18H33P.BF4.K/c1-4-10-16(11-5-1)19(17-12-6-2-7-13-17)18-14-8-3-9-15-18;2-1(3,4)5;/h16-18H,1-15H2;;/q;-1;+1. The van der Waals surface area contributed by atoms with Gasteiger partial charge in [0.25, 0.3) is 0 Å². The molecule has 142 valence electrons. The smallest absolute Gasteiger partial charge is 0.418 e. The van der Waals surface area contributed by atoms with Crippen molar-refractivity contribution in [3.05, 3.63) is 0 Å². The van der Waals surface area contributed by atoms with Crippen LogP contribution >= 0.6 is 7.92 Å². The van der Waals surface area contributed by atoms with Gasteiger partial charge in [0.1, 0.15) is 0 Å². The first-order valence-corrected chi connectivity index (χ1v) is 11.6. The van der Waals surface area contributed by atoms with Crippen LogP contribution in [0.3, 0.4) is 0 Å². The van der Waals surface area contributed by atoms with Crippen LogP contribution in [0.4, 0.5) is 17.3 Å². The molecule has 0 atom stereocenters. The molecule has 0 aromatic carbocycles. The molecule has 3 fully saturated rings. The summed E-state index contributed by atoms with van der Waals surface area (Å²) in [6.45, 7) is 0. The number of hydrogen-bond donors (Lipinski definition) is 0. The largest absolute Gasteiger partial charge is 1.00 e. The molecular formula is C18H33BF4KP. The van der Waals surface area contributed by atoms with Gasteiger partial charge >= 0.3 is 58.6 Å². The fourth-order valence-corrected chi connectivity index (χ4v) is 9.71. The van der Waals surface area contributed by atoms with E-state index in [1.165, 1.54) is 36.2 Å². The molecule has 3 rings (SSSR count). The van der Waals surface area contributed by atoms with Gasteiger partial charge in [0.05, 0.1) is 0 Å². The molecule has 0 saturated heterocycles. The molecule has 3 saturated carbocycles. The summed E-state index contributed by atoms with van der Waals surface area (Å²) >= 11 is 0. The molecule has 0 amide bonds. The van der Waals surface area contributed by atoms with Crippen LogP contribution in [0.15, 0.2) is 0 Å². The zero-order valence-corrected chi connectivity index (χ0v) is 19.9. The summed E-state index contributed by atoms with van der Waals surface area (Å²) < 4.78 is 39.0. The second-order valence-electron chi connectivity index (χ2n) is 7.82. The quantitative estimate of drug-likeness (QED) is 0.360. The Labute approximate surface area is 195 Å². The molecular weight excluding hydrogens is 373 g/mol. The SMILES string of the molecule is C1CCC(P(C2CCCCC2)C2CCCCC2)CC1.F[B-](F)(F)F.[K+]. The summed E-state index contributed by atoms with van der Waals surface area (Å²) in [5.41, 5.74) is 3.57. The topological polar surface area (TPSA) is 0 Å². The first-order chi connectivity index (χ1) is 11.4. The normalized spacial score (nSPS) is 24.4. The van der Waals surface area contributed by atoms with Crippen LogP contribution in [0, 0.1) is 0 Å². The van der Waals surface area contributed by atoms with E-state index in [0.29, 0.717) is 7.92 Å². The van der Waals surface area contributed by atoms with E-state index in [0.717, 1.165) is 0 Å². The molecule has 3 aliphatic carbocycles. The van der Waals surface area contributed by atoms with Crippen LogP contribution < -0.4 is 51.4 Å². The fraction of sp³-hybridized carbons (Fsp3) is 1.00. The zero-order valence-electron chi connectivity index (χ0n) is 15.9. The maximum absolute atomic E-state index is 9.75. The average molecular weight is 406 g/mol. The average Bonchev–Trinajstić information content (AvgIpc) is 2.57. The Kier molecular flexibility index (Phi) is 13.1. The second-order valence-corrected chi connectivity index (χ2v) is 10.9. The molecule has 0 radical (unpaired) electrons. The van der Waals surface area contributed by atoms with Crippen LogP contribution in [0.25, 0.3) is 0 Å². The Morgan fingerprint density at radius 2 is 0.680 bits per heavy atom. The minimum absolute atomic E-state index is 0. The van der Waals surface area contributed by atoms with Gasteiger partial charge in [0, 0.05) is 0 Å². The third kappa shape index (κ3) is 10.3.